The van der Waals surface area contributed by atoms with E-state index >= 15 is 0 Å². The van der Waals surface area contributed by atoms with E-state index in [4.69, 9.17) is 4.74 Å². The van der Waals surface area contributed by atoms with Crippen LogP contribution in [0.1, 0.15) is 22.8 Å². The van der Waals surface area contributed by atoms with Crippen molar-refractivity contribution in [2.45, 2.75) is 13.5 Å². The molecule has 0 aliphatic rings. The Bertz CT molecular complexity index is 986. The van der Waals surface area contributed by atoms with Crippen LogP contribution in [0.2, 0.25) is 0 Å². The molecule has 0 aliphatic heterocycles. The van der Waals surface area contributed by atoms with Gasteiger partial charge in [0, 0.05) is 36.6 Å². The van der Waals surface area contributed by atoms with Gasteiger partial charge in [0.15, 0.2) is 0 Å². The summed E-state index contributed by atoms with van der Waals surface area (Å²) >= 11 is 0. The summed E-state index contributed by atoms with van der Waals surface area (Å²) in [5.41, 5.74) is 2.90. The number of rotatable bonds is 7. The number of aromatic nitrogens is 1. The first-order valence-electron chi connectivity index (χ1n) is 9.06. The van der Waals surface area contributed by atoms with Crippen molar-refractivity contribution in [1.82, 2.24) is 10.3 Å². The second-order valence-electron chi connectivity index (χ2n) is 6.31. The normalized spacial score (nSPS) is 10.1. The Morgan fingerprint density at radius 1 is 0.966 bits per heavy atom. The highest BCUT2D eigenvalue weighted by atomic mass is 16.5. The van der Waals surface area contributed by atoms with Crippen LogP contribution < -0.4 is 20.7 Å². The largest absolute Gasteiger partial charge is 0.496 e. The lowest BCUT2D eigenvalue weighted by atomic mass is 10.2. The molecule has 2 aromatic carbocycles. The van der Waals surface area contributed by atoms with E-state index in [1.54, 1.807) is 31.4 Å². The van der Waals surface area contributed by atoms with Crippen LogP contribution in [0.15, 0.2) is 66.9 Å². The highest BCUT2D eigenvalue weighted by Crippen LogP contribution is 2.19. The van der Waals surface area contributed by atoms with Crippen molar-refractivity contribution in [2.24, 2.45) is 0 Å². The Kier molecular flexibility index (Phi) is 6.42. The molecule has 1 heterocycles. The Balaban J connectivity index is 1.58. The van der Waals surface area contributed by atoms with Crippen molar-refractivity contribution in [3.63, 3.8) is 0 Å². The molecule has 0 saturated heterocycles. The van der Waals surface area contributed by atoms with E-state index in [1.165, 1.54) is 13.1 Å². The number of methoxy groups -OCH3 is 1. The number of benzene rings is 2. The molecular weight excluding hydrogens is 368 g/mol. The fourth-order valence-corrected chi connectivity index (χ4v) is 2.72. The van der Waals surface area contributed by atoms with Crippen LogP contribution in [0.3, 0.4) is 0 Å². The number of nitrogens with one attached hydrogen (secondary N) is 3. The zero-order valence-electron chi connectivity index (χ0n) is 16.2. The van der Waals surface area contributed by atoms with Crippen LogP contribution in [0.5, 0.6) is 5.75 Å². The molecule has 0 radical (unpaired) electrons. The van der Waals surface area contributed by atoms with Gasteiger partial charge in [-0.05, 0) is 42.5 Å². The van der Waals surface area contributed by atoms with Gasteiger partial charge < -0.3 is 20.7 Å². The summed E-state index contributed by atoms with van der Waals surface area (Å²) in [6, 6.07) is 18.2. The monoisotopic (exact) mass is 390 g/mol. The van der Waals surface area contributed by atoms with Crippen molar-refractivity contribution in [3.8, 4) is 5.75 Å². The number of pyridine rings is 1. The molecule has 29 heavy (non-hydrogen) atoms. The number of hydrogen-bond acceptors (Lipinski definition) is 5. The number of carbonyl (C=O) groups excluding carboxylic acids is 2. The third kappa shape index (κ3) is 5.55. The van der Waals surface area contributed by atoms with Crippen LogP contribution >= 0.6 is 0 Å². The van der Waals surface area contributed by atoms with Gasteiger partial charge in [-0.25, -0.2) is 4.98 Å². The van der Waals surface area contributed by atoms with E-state index in [0.29, 0.717) is 17.9 Å². The van der Waals surface area contributed by atoms with Crippen LogP contribution in [-0.4, -0.2) is 23.9 Å². The minimum Gasteiger partial charge on any atom is -0.496 e. The van der Waals surface area contributed by atoms with Gasteiger partial charge in [0.2, 0.25) is 5.91 Å². The van der Waals surface area contributed by atoms with Crippen LogP contribution in [0.25, 0.3) is 0 Å². The number of para-hydroxylation sites is 1. The molecule has 148 valence electrons. The second-order valence-corrected chi connectivity index (χ2v) is 6.31. The summed E-state index contributed by atoms with van der Waals surface area (Å²) in [5, 5.41) is 8.73. The predicted octanol–water partition coefficient (Wildman–Crippen LogP) is 3.72. The van der Waals surface area contributed by atoms with Crippen molar-refractivity contribution >= 4 is 29.0 Å². The van der Waals surface area contributed by atoms with Crippen molar-refractivity contribution in [2.75, 3.05) is 17.7 Å². The SMILES string of the molecule is COc1ccccc1CNC(=O)c1ccc(Nc2ccc(NC(C)=O)cc2)nc1. The topological polar surface area (TPSA) is 92.4 Å². The summed E-state index contributed by atoms with van der Waals surface area (Å²) in [6.45, 7) is 1.83. The van der Waals surface area contributed by atoms with Crippen molar-refractivity contribution in [3.05, 3.63) is 78.0 Å². The van der Waals surface area contributed by atoms with Gasteiger partial charge >= 0.3 is 0 Å². The lowest BCUT2D eigenvalue weighted by molar-refractivity contribution is -0.114. The van der Waals surface area contributed by atoms with Crippen molar-refractivity contribution < 1.29 is 14.3 Å². The minimum atomic E-state index is -0.213. The average Bonchev–Trinajstić information content (AvgIpc) is 2.74. The zero-order chi connectivity index (χ0) is 20.6. The second kappa shape index (κ2) is 9.36. The van der Waals surface area contributed by atoms with Gasteiger partial charge in [-0.3, -0.25) is 9.59 Å². The molecule has 0 bridgehead atoms. The van der Waals surface area contributed by atoms with Gasteiger partial charge in [-0.15, -0.1) is 0 Å². The first-order valence-corrected chi connectivity index (χ1v) is 9.06. The van der Waals surface area contributed by atoms with Gasteiger partial charge in [-0.1, -0.05) is 18.2 Å². The number of hydrogen-bond donors (Lipinski definition) is 3. The van der Waals surface area contributed by atoms with Gasteiger partial charge in [-0.2, -0.15) is 0 Å². The molecule has 0 unspecified atom stereocenters. The minimum absolute atomic E-state index is 0.119. The number of carbonyl (C=O) groups is 2. The predicted molar refractivity (Wildman–Crippen MR) is 112 cm³/mol. The third-order valence-corrected chi connectivity index (χ3v) is 4.14. The molecule has 7 heteroatoms. The van der Waals surface area contributed by atoms with E-state index in [2.05, 4.69) is 20.9 Å². The Labute approximate surface area is 169 Å². The fourth-order valence-electron chi connectivity index (χ4n) is 2.72. The van der Waals surface area contributed by atoms with E-state index in [0.717, 1.165) is 22.7 Å². The molecule has 3 rings (SSSR count). The maximum atomic E-state index is 12.4. The first kappa shape index (κ1) is 19.9. The standard InChI is InChI=1S/C22H22N4O3/c1-15(27)25-18-8-10-19(11-9-18)26-21-12-7-17(14-23-21)22(28)24-13-16-5-3-4-6-20(16)29-2/h3-12,14H,13H2,1-2H3,(H,23,26)(H,24,28)(H,25,27). The fraction of sp³-hybridized carbons (Fsp3) is 0.136. The maximum absolute atomic E-state index is 12.4. The maximum Gasteiger partial charge on any atom is 0.253 e. The lowest BCUT2D eigenvalue weighted by Gasteiger charge is -2.10. The van der Waals surface area contributed by atoms with Crippen molar-refractivity contribution in [1.29, 1.82) is 0 Å². The van der Waals surface area contributed by atoms with Crippen LogP contribution in [0, 0.1) is 0 Å². The Hall–Kier alpha value is -3.87. The molecule has 0 aliphatic carbocycles. The number of anilines is 3. The number of amides is 2. The molecule has 0 saturated carbocycles. The van der Waals surface area contributed by atoms with Crippen LogP contribution in [0.4, 0.5) is 17.2 Å². The molecular formula is C22H22N4O3. The highest BCUT2D eigenvalue weighted by molar-refractivity contribution is 5.94. The first-order chi connectivity index (χ1) is 14.0. The van der Waals surface area contributed by atoms with Gasteiger partial charge in [0.1, 0.15) is 11.6 Å². The smallest absolute Gasteiger partial charge is 0.253 e. The quantitative estimate of drug-likeness (QED) is 0.572. The molecule has 3 N–H and O–H groups in total. The summed E-state index contributed by atoms with van der Waals surface area (Å²) < 4.78 is 5.29. The van der Waals surface area contributed by atoms with Crippen LogP contribution in [-0.2, 0) is 11.3 Å². The van der Waals surface area contributed by atoms with E-state index in [9.17, 15) is 9.59 Å². The zero-order valence-corrected chi connectivity index (χ0v) is 16.2. The average molecular weight is 390 g/mol. The summed E-state index contributed by atoms with van der Waals surface area (Å²) in [4.78, 5) is 27.7. The number of nitrogens with zero attached hydrogens (tertiary/aromatic N) is 1. The summed E-state index contributed by atoms with van der Waals surface area (Å²) in [5.74, 6) is 1.01. The molecule has 0 fully saturated rings. The summed E-state index contributed by atoms with van der Waals surface area (Å²) in [7, 11) is 1.60. The van der Waals surface area contributed by atoms with E-state index in [1.807, 2.05) is 36.4 Å². The van der Waals surface area contributed by atoms with Gasteiger partial charge in [0.25, 0.3) is 5.91 Å². The summed E-state index contributed by atoms with van der Waals surface area (Å²) in [6.07, 6.45) is 1.52. The molecule has 0 spiro atoms. The highest BCUT2D eigenvalue weighted by Gasteiger charge is 2.08. The molecule has 7 nitrogen and oxygen atoms in total. The molecule has 2 amide bonds. The molecule has 0 atom stereocenters. The molecule has 3 aromatic rings. The number of ether oxygens (including phenoxy) is 1. The lowest BCUT2D eigenvalue weighted by Crippen LogP contribution is -2.23. The Morgan fingerprint density at radius 2 is 1.69 bits per heavy atom. The van der Waals surface area contributed by atoms with E-state index in [-0.39, 0.29) is 11.8 Å². The Morgan fingerprint density at radius 3 is 2.34 bits per heavy atom. The van der Waals surface area contributed by atoms with E-state index < -0.39 is 0 Å². The van der Waals surface area contributed by atoms with Gasteiger partial charge in [0.05, 0.1) is 12.7 Å². The third-order valence-electron chi connectivity index (χ3n) is 4.14. The molecule has 1 aromatic heterocycles.